The molecule has 8 heteroatoms. The van der Waals surface area contributed by atoms with Gasteiger partial charge in [0, 0.05) is 0 Å². The van der Waals surface area contributed by atoms with E-state index in [4.69, 9.17) is 16.7 Å². The van der Waals surface area contributed by atoms with Gasteiger partial charge in [-0.15, -0.1) is 0 Å². The summed E-state index contributed by atoms with van der Waals surface area (Å²) in [7, 11) is -4.07. The van der Waals surface area contributed by atoms with Crippen molar-refractivity contribution in [1.29, 1.82) is 0 Å². The van der Waals surface area contributed by atoms with Gasteiger partial charge in [0.15, 0.2) is 0 Å². The first kappa shape index (κ1) is 15.9. The molecule has 0 radical (unpaired) electrons. The van der Waals surface area contributed by atoms with E-state index >= 15 is 0 Å². The van der Waals surface area contributed by atoms with Crippen LogP contribution in [0.25, 0.3) is 0 Å². The van der Waals surface area contributed by atoms with Crippen LogP contribution in [-0.2, 0) is 14.8 Å². The van der Waals surface area contributed by atoms with Crippen LogP contribution in [0.2, 0.25) is 5.02 Å². The van der Waals surface area contributed by atoms with E-state index in [0.29, 0.717) is 0 Å². The van der Waals surface area contributed by atoms with E-state index in [-0.39, 0.29) is 9.92 Å². The van der Waals surface area contributed by atoms with Crippen LogP contribution in [0.5, 0.6) is 0 Å². The molecule has 0 saturated heterocycles. The Morgan fingerprint density at radius 3 is 2.42 bits per heavy atom. The molecule has 1 rings (SSSR count). The minimum Gasteiger partial charge on any atom is -0.480 e. The van der Waals surface area contributed by atoms with Crippen molar-refractivity contribution >= 4 is 27.6 Å². The third-order valence-corrected chi connectivity index (χ3v) is 4.14. The van der Waals surface area contributed by atoms with E-state index in [9.17, 15) is 17.6 Å². The van der Waals surface area contributed by atoms with Crippen LogP contribution in [0.15, 0.2) is 23.1 Å². The second kappa shape index (κ2) is 5.85. The molecular weight excluding hydrogens is 297 g/mol. The second-order valence-electron chi connectivity index (χ2n) is 4.26. The molecule has 2 N–H and O–H groups in total. The van der Waals surface area contributed by atoms with E-state index in [1.807, 2.05) is 4.72 Å². The Balaban J connectivity index is 3.10. The number of hydrogen-bond donors (Lipinski definition) is 2. The van der Waals surface area contributed by atoms with Gasteiger partial charge in [-0.1, -0.05) is 25.4 Å². The SMILES string of the molecule is CC(C)C(NS(=O)(=O)c1ccc(F)c(Cl)c1)C(=O)O. The van der Waals surface area contributed by atoms with Gasteiger partial charge in [0.2, 0.25) is 10.0 Å². The largest absolute Gasteiger partial charge is 0.480 e. The molecule has 1 aromatic carbocycles. The maximum Gasteiger partial charge on any atom is 0.322 e. The lowest BCUT2D eigenvalue weighted by Crippen LogP contribution is -2.44. The van der Waals surface area contributed by atoms with Crippen LogP contribution in [0, 0.1) is 11.7 Å². The molecule has 0 heterocycles. The number of hydrogen-bond acceptors (Lipinski definition) is 3. The van der Waals surface area contributed by atoms with Gasteiger partial charge >= 0.3 is 5.97 Å². The van der Waals surface area contributed by atoms with Crippen LogP contribution < -0.4 is 4.72 Å². The van der Waals surface area contributed by atoms with Crippen molar-refractivity contribution in [1.82, 2.24) is 4.72 Å². The fraction of sp³-hybridized carbons (Fsp3) is 0.364. The Kier molecular flexibility index (Phi) is 4.89. The number of carboxylic acids is 1. The maximum absolute atomic E-state index is 13.0. The van der Waals surface area contributed by atoms with E-state index in [1.54, 1.807) is 13.8 Å². The highest BCUT2D eigenvalue weighted by molar-refractivity contribution is 7.89. The summed E-state index contributed by atoms with van der Waals surface area (Å²) in [5, 5.41) is 8.59. The van der Waals surface area contributed by atoms with Crippen molar-refractivity contribution in [2.24, 2.45) is 5.92 Å². The molecule has 0 aliphatic carbocycles. The second-order valence-corrected chi connectivity index (χ2v) is 6.38. The number of carbonyl (C=O) groups is 1. The zero-order chi connectivity index (χ0) is 14.8. The fourth-order valence-corrected chi connectivity index (χ4v) is 2.96. The number of aliphatic carboxylic acids is 1. The zero-order valence-corrected chi connectivity index (χ0v) is 11.8. The van der Waals surface area contributed by atoms with Crippen molar-refractivity contribution < 1.29 is 22.7 Å². The number of rotatable bonds is 5. The van der Waals surface area contributed by atoms with Crippen LogP contribution in [0.3, 0.4) is 0 Å². The lowest BCUT2D eigenvalue weighted by Gasteiger charge is -2.18. The number of sulfonamides is 1. The molecule has 1 atom stereocenters. The molecule has 0 saturated carbocycles. The molecule has 19 heavy (non-hydrogen) atoms. The number of benzene rings is 1. The standard InChI is InChI=1S/C11H13ClFNO4S/c1-6(2)10(11(15)16)14-19(17,18)7-3-4-9(13)8(12)5-7/h3-6,10,14H,1-2H3,(H,15,16). The van der Waals surface area contributed by atoms with Crippen molar-refractivity contribution in [3.63, 3.8) is 0 Å². The predicted molar refractivity (Wildman–Crippen MR) is 68.0 cm³/mol. The summed E-state index contributed by atoms with van der Waals surface area (Å²) in [6.07, 6.45) is 0. The van der Waals surface area contributed by atoms with Gasteiger partial charge in [-0.25, -0.2) is 12.8 Å². The molecule has 0 aliphatic rings. The molecule has 5 nitrogen and oxygen atoms in total. The first-order chi connectivity index (χ1) is 8.65. The van der Waals surface area contributed by atoms with Gasteiger partial charge in [-0.05, 0) is 24.1 Å². The van der Waals surface area contributed by atoms with E-state index in [2.05, 4.69) is 0 Å². The van der Waals surface area contributed by atoms with Crippen LogP contribution in [0.4, 0.5) is 4.39 Å². The smallest absolute Gasteiger partial charge is 0.322 e. The minimum absolute atomic E-state index is 0.286. The monoisotopic (exact) mass is 309 g/mol. The van der Waals surface area contributed by atoms with Crippen LogP contribution in [0.1, 0.15) is 13.8 Å². The van der Waals surface area contributed by atoms with Gasteiger partial charge < -0.3 is 5.11 Å². The van der Waals surface area contributed by atoms with E-state index < -0.39 is 33.8 Å². The van der Waals surface area contributed by atoms with Gasteiger partial charge in [0.05, 0.1) is 9.92 Å². The first-order valence-electron chi connectivity index (χ1n) is 5.35. The molecular formula is C11H13ClFNO4S. The van der Waals surface area contributed by atoms with Crippen LogP contribution >= 0.6 is 11.6 Å². The van der Waals surface area contributed by atoms with Gasteiger partial charge in [0.25, 0.3) is 0 Å². The summed E-state index contributed by atoms with van der Waals surface area (Å²) >= 11 is 5.50. The first-order valence-corrected chi connectivity index (χ1v) is 7.21. The Labute approximate surface area is 115 Å². The lowest BCUT2D eigenvalue weighted by atomic mass is 10.1. The van der Waals surface area contributed by atoms with Gasteiger partial charge in [0.1, 0.15) is 11.9 Å². The highest BCUT2D eigenvalue weighted by Crippen LogP contribution is 2.20. The van der Waals surface area contributed by atoms with Crippen molar-refractivity contribution in [3.05, 3.63) is 29.0 Å². The minimum atomic E-state index is -4.07. The third kappa shape index (κ3) is 3.89. The van der Waals surface area contributed by atoms with E-state index in [0.717, 1.165) is 18.2 Å². The Morgan fingerprint density at radius 1 is 1.42 bits per heavy atom. The Hall–Kier alpha value is -1.18. The third-order valence-electron chi connectivity index (χ3n) is 2.42. The highest BCUT2D eigenvalue weighted by Gasteiger charge is 2.28. The van der Waals surface area contributed by atoms with Gasteiger partial charge in [-0.2, -0.15) is 4.72 Å². The van der Waals surface area contributed by atoms with Crippen LogP contribution in [-0.4, -0.2) is 25.5 Å². The summed E-state index contributed by atoms with van der Waals surface area (Å²) in [4.78, 5) is 10.7. The molecule has 0 bridgehead atoms. The Bertz CT molecular complexity index is 588. The zero-order valence-electron chi connectivity index (χ0n) is 10.2. The topological polar surface area (TPSA) is 83.5 Å². The Morgan fingerprint density at radius 2 is 2.00 bits per heavy atom. The molecule has 0 fully saturated rings. The van der Waals surface area contributed by atoms with Crippen molar-refractivity contribution in [2.75, 3.05) is 0 Å². The average molecular weight is 310 g/mol. The normalized spacial score (nSPS) is 13.5. The molecule has 1 aromatic rings. The predicted octanol–water partition coefficient (Wildman–Crippen LogP) is 1.87. The van der Waals surface area contributed by atoms with Gasteiger partial charge in [-0.3, -0.25) is 4.79 Å². The number of halogens is 2. The summed E-state index contributed by atoms with van der Waals surface area (Å²) in [6, 6.07) is 1.58. The molecule has 0 aromatic heterocycles. The van der Waals surface area contributed by atoms with Crippen molar-refractivity contribution in [2.45, 2.75) is 24.8 Å². The quantitative estimate of drug-likeness (QED) is 0.869. The number of carboxylic acid groups (broad SMARTS) is 1. The molecule has 1 unspecified atom stereocenters. The fourth-order valence-electron chi connectivity index (χ4n) is 1.35. The van der Waals surface area contributed by atoms with E-state index in [1.165, 1.54) is 0 Å². The summed E-state index contributed by atoms with van der Waals surface area (Å²) in [6.45, 7) is 3.14. The molecule has 0 aliphatic heterocycles. The summed E-state index contributed by atoms with van der Waals surface area (Å²) in [5.74, 6) is -2.48. The lowest BCUT2D eigenvalue weighted by molar-refractivity contribution is -0.140. The highest BCUT2D eigenvalue weighted by atomic mass is 35.5. The summed E-state index contributed by atoms with van der Waals surface area (Å²) in [5.41, 5.74) is 0. The number of nitrogens with one attached hydrogen (secondary N) is 1. The van der Waals surface area contributed by atoms with Crippen molar-refractivity contribution in [3.8, 4) is 0 Å². The maximum atomic E-state index is 13.0. The summed E-state index contributed by atoms with van der Waals surface area (Å²) < 4.78 is 38.9. The average Bonchev–Trinajstić information content (AvgIpc) is 2.28. The molecule has 0 amide bonds. The molecule has 106 valence electrons. The molecule has 0 spiro atoms.